The van der Waals surface area contributed by atoms with Crippen LogP contribution in [0.4, 0.5) is 0 Å². The first-order valence-electron chi connectivity index (χ1n) is 18.7. The van der Waals surface area contributed by atoms with E-state index in [9.17, 15) is 107 Å². The molecule has 4 saturated heterocycles. The van der Waals surface area contributed by atoms with Gasteiger partial charge in [0.15, 0.2) is 37.4 Å². The zero-order chi connectivity index (χ0) is 52.5. The Labute approximate surface area is 386 Å². The van der Waals surface area contributed by atoms with Gasteiger partial charge in [0.05, 0.1) is 13.2 Å². The first kappa shape index (κ1) is 58.4. The second kappa shape index (κ2) is 22.7. The van der Waals surface area contributed by atoms with E-state index in [1.54, 1.807) is 0 Å². The van der Waals surface area contributed by atoms with Crippen LogP contribution in [0.25, 0.3) is 0 Å². The molecule has 37 nitrogen and oxygen atoms in total. The molecular formula is C28H44N2O35S4. The van der Waals surface area contributed by atoms with Gasteiger partial charge >= 0.3 is 53.5 Å². The Kier molecular flexibility index (Phi) is 19.2. The van der Waals surface area contributed by atoms with Crippen molar-refractivity contribution in [2.24, 2.45) is 0 Å². The second-order valence-corrected chi connectivity index (χ2v) is 19.0. The van der Waals surface area contributed by atoms with Gasteiger partial charge in [-0.2, -0.15) is 33.7 Å². The summed E-state index contributed by atoms with van der Waals surface area (Å²) in [7, 11) is -22.5. The predicted molar refractivity (Wildman–Crippen MR) is 200 cm³/mol. The number of aliphatic hydroxyl groups excluding tert-OH is 6. The standard InChI is InChI=1S/C28H44N2O35S4/c1-5(31)29-9-18(16(64-68(49,50)51)7(57-25(9)42)3-55-66(43,44)45)59-28-15(37)13(35)20(22(63-28)24(40)41)61-26-10(30-6(2)32)19(60-27-14(36)11(33)12(34)21(62-27)23(38)39)17(65-69(52,53)54)8(58-26)4-56-67(46,47)48/h7-22,25-28,33-37,42H,3-4H2,1-2H3,(H,29,31)(H,30,32)(H,38,39)(H,40,41)(H,43,44,45)(H,46,47,48)(H,49,50,51)(H,52,53,54)/t7?,8?,9?,10?,11-,12-,13+,14?,15?,16-,17-,18+,19+,20-,21?,22?,25+,26-,27+,28+/m0/s1. The average molecular weight is 1100 g/mol. The lowest BCUT2D eigenvalue weighted by atomic mass is 9.94. The van der Waals surface area contributed by atoms with Gasteiger partial charge in [-0.15, -0.1) is 0 Å². The molecule has 400 valence electrons. The molecule has 0 spiro atoms. The van der Waals surface area contributed by atoms with E-state index in [0.717, 1.165) is 13.8 Å². The Morgan fingerprint density at radius 3 is 1.28 bits per heavy atom. The van der Waals surface area contributed by atoms with Crippen molar-refractivity contribution in [1.82, 2.24) is 10.6 Å². The third-order valence-corrected chi connectivity index (χ3v) is 11.6. The molecule has 4 heterocycles. The fourth-order valence-electron chi connectivity index (χ4n) is 7.06. The minimum Gasteiger partial charge on any atom is -0.479 e. The zero-order valence-corrected chi connectivity index (χ0v) is 37.6. The summed E-state index contributed by atoms with van der Waals surface area (Å²) < 4.78 is 187. The highest BCUT2D eigenvalue weighted by Gasteiger charge is 2.59. The molecule has 2 amide bonds. The summed E-state index contributed by atoms with van der Waals surface area (Å²) in [6.45, 7) is -1.60. The molecule has 4 fully saturated rings. The van der Waals surface area contributed by atoms with Crippen molar-refractivity contribution in [2.45, 2.75) is 137 Å². The highest BCUT2D eigenvalue weighted by atomic mass is 32.3. The number of nitrogens with one attached hydrogen (secondary N) is 2. The number of ether oxygens (including phenoxy) is 7. The van der Waals surface area contributed by atoms with Crippen LogP contribution in [0.2, 0.25) is 0 Å². The molecule has 0 aromatic rings. The molecular weight excluding hydrogens is 1050 g/mol. The van der Waals surface area contributed by atoms with Gasteiger partial charge in [0, 0.05) is 13.8 Å². The molecule has 0 radical (unpaired) electrons. The van der Waals surface area contributed by atoms with Crippen LogP contribution >= 0.6 is 0 Å². The summed E-state index contributed by atoms with van der Waals surface area (Å²) >= 11 is 0. The fourth-order valence-corrected chi connectivity index (χ4v) is 8.70. The number of carbonyl (C=O) groups is 4. The third-order valence-electron chi connectivity index (χ3n) is 9.75. The number of hydrogen-bond acceptors (Lipinski definition) is 29. The molecule has 4 aliphatic heterocycles. The van der Waals surface area contributed by atoms with Crippen LogP contribution in [0.1, 0.15) is 13.8 Å². The average Bonchev–Trinajstić information content (AvgIpc) is 3.18. The third kappa shape index (κ3) is 15.9. The van der Waals surface area contributed by atoms with Crippen LogP contribution in [0.3, 0.4) is 0 Å². The Hall–Kier alpha value is -3.16. The van der Waals surface area contributed by atoms with Crippen molar-refractivity contribution in [1.29, 1.82) is 0 Å². The van der Waals surface area contributed by atoms with Gasteiger partial charge < -0.3 is 84.6 Å². The van der Waals surface area contributed by atoms with Crippen molar-refractivity contribution in [2.75, 3.05) is 13.2 Å². The number of rotatable bonds is 20. The minimum atomic E-state index is -5.83. The molecule has 0 aliphatic carbocycles. The Morgan fingerprint density at radius 1 is 0.464 bits per heavy atom. The van der Waals surface area contributed by atoms with Crippen LogP contribution in [-0.4, -0.2) is 252 Å². The van der Waals surface area contributed by atoms with Gasteiger partial charge in [-0.05, 0) is 0 Å². The summed E-state index contributed by atoms with van der Waals surface area (Å²) in [6, 6.07) is -4.50. The van der Waals surface area contributed by atoms with Crippen LogP contribution in [0.5, 0.6) is 0 Å². The van der Waals surface area contributed by atoms with E-state index in [4.69, 9.17) is 37.7 Å². The highest BCUT2D eigenvalue weighted by molar-refractivity contribution is 7.81. The smallest absolute Gasteiger partial charge is 0.397 e. The van der Waals surface area contributed by atoms with E-state index in [2.05, 4.69) is 16.7 Å². The Bertz CT molecular complexity index is 2300. The second-order valence-electron chi connectivity index (χ2n) is 14.7. The summed E-state index contributed by atoms with van der Waals surface area (Å²) in [5.41, 5.74) is 0. The lowest BCUT2D eigenvalue weighted by Crippen LogP contribution is -2.71. The number of aliphatic carboxylic acids is 2. The quantitative estimate of drug-likeness (QED) is 0.0504. The molecule has 0 aromatic heterocycles. The highest BCUT2D eigenvalue weighted by Crippen LogP contribution is 2.37. The van der Waals surface area contributed by atoms with Crippen LogP contribution in [-0.2, 0) is 111 Å². The largest absolute Gasteiger partial charge is 0.479 e. The maximum absolute atomic E-state index is 12.8. The van der Waals surface area contributed by atoms with Crippen molar-refractivity contribution in [3.63, 3.8) is 0 Å². The number of carboxylic acids is 2. The summed E-state index contributed by atoms with van der Waals surface area (Å²) in [5.74, 6) is -6.52. The van der Waals surface area contributed by atoms with E-state index < -0.39 is 201 Å². The first-order valence-corrected chi connectivity index (χ1v) is 24.2. The summed E-state index contributed by atoms with van der Waals surface area (Å²) in [6.07, 6.45) is -46.0. The Morgan fingerprint density at radius 2 is 0.855 bits per heavy atom. The predicted octanol–water partition coefficient (Wildman–Crippen LogP) is -9.97. The molecule has 0 bridgehead atoms. The van der Waals surface area contributed by atoms with E-state index in [1.807, 2.05) is 10.6 Å². The molecule has 4 rings (SSSR count). The van der Waals surface area contributed by atoms with Crippen molar-refractivity contribution >= 4 is 65.3 Å². The lowest BCUT2D eigenvalue weighted by molar-refractivity contribution is -0.366. The Balaban J connectivity index is 1.81. The van der Waals surface area contributed by atoms with E-state index in [0.29, 0.717) is 0 Å². The molecule has 14 N–H and O–H groups in total. The van der Waals surface area contributed by atoms with Gasteiger partial charge in [-0.3, -0.25) is 27.8 Å². The van der Waals surface area contributed by atoms with E-state index in [-0.39, 0.29) is 0 Å². The van der Waals surface area contributed by atoms with E-state index >= 15 is 0 Å². The van der Waals surface area contributed by atoms with Gasteiger partial charge in [-0.1, -0.05) is 0 Å². The monoisotopic (exact) mass is 1100 g/mol. The molecule has 20 atom stereocenters. The van der Waals surface area contributed by atoms with Gasteiger partial charge in [0.2, 0.25) is 11.8 Å². The number of carbonyl (C=O) groups excluding carboxylic acids is 2. The van der Waals surface area contributed by atoms with Crippen molar-refractivity contribution < 1.29 is 162 Å². The molecule has 0 aromatic carbocycles. The van der Waals surface area contributed by atoms with Crippen LogP contribution < -0.4 is 10.6 Å². The normalized spacial score (nSPS) is 39.2. The first-order chi connectivity index (χ1) is 31.5. The molecule has 41 heteroatoms. The molecule has 4 aliphatic rings. The van der Waals surface area contributed by atoms with Gasteiger partial charge in [-0.25, -0.2) is 26.3 Å². The molecule has 8 unspecified atom stereocenters. The topological polar surface area (TPSA) is 573 Å². The number of hydrogen-bond donors (Lipinski definition) is 14. The maximum atomic E-state index is 12.8. The van der Waals surface area contributed by atoms with E-state index in [1.165, 1.54) is 0 Å². The van der Waals surface area contributed by atoms with Gasteiger partial charge in [0.25, 0.3) is 0 Å². The van der Waals surface area contributed by atoms with Gasteiger partial charge in [0.1, 0.15) is 85.3 Å². The summed E-state index contributed by atoms with van der Waals surface area (Å²) in [4.78, 5) is 49.4. The lowest BCUT2D eigenvalue weighted by Gasteiger charge is -2.50. The summed E-state index contributed by atoms with van der Waals surface area (Å²) in [5, 5.41) is 88.6. The van der Waals surface area contributed by atoms with Crippen molar-refractivity contribution in [3.05, 3.63) is 0 Å². The fraction of sp³-hybridized carbons (Fsp3) is 0.857. The SMILES string of the molecule is CC(=O)NC1[C@H](O[C@@H]2C(C(=O)O)O[C@@H](O[C@@H]3C(NC(C)=O)[C@H](O)OC(COS(=O)(=O)O)[C@@H]3OS(=O)(=O)O)C(O)[C@H]2O)OC(COS(=O)(=O)O)[C@H](OS(=O)(=O)O)[C@@H]1O[C@@H]1OC(C(=O)O)[C@@H](O)[C@H](O)C1O. The van der Waals surface area contributed by atoms with Crippen molar-refractivity contribution in [3.8, 4) is 0 Å². The van der Waals surface area contributed by atoms with Crippen LogP contribution in [0.15, 0.2) is 0 Å². The molecule has 69 heavy (non-hydrogen) atoms. The van der Waals surface area contributed by atoms with Crippen LogP contribution in [0, 0.1) is 0 Å². The minimum absolute atomic E-state index is 0.719. The number of amides is 2. The number of aliphatic hydroxyl groups is 6. The molecule has 0 saturated carbocycles. The number of carboxylic acid groups (broad SMARTS) is 2. The zero-order valence-electron chi connectivity index (χ0n) is 34.4. The maximum Gasteiger partial charge on any atom is 0.397 e.